The fourth-order valence-corrected chi connectivity index (χ4v) is 4.01. The van der Waals surface area contributed by atoms with Gasteiger partial charge in [0.2, 0.25) is 0 Å². The van der Waals surface area contributed by atoms with Gasteiger partial charge < -0.3 is 18.8 Å². The zero-order chi connectivity index (χ0) is 19.7. The standard InChI is InChI=1S/C20H17ClN2O4S/c1-12-6-16-13(7-15(12)21)9-23(11-22-16)18-8-17(19(28-18)20(24)25-2)27-10-14-4-3-5-26-14/h3-8,11H,9-10H2,1-2H3. The largest absolute Gasteiger partial charge is 0.484 e. The van der Waals surface area contributed by atoms with Crippen LogP contribution in [0.1, 0.15) is 26.6 Å². The van der Waals surface area contributed by atoms with Crippen molar-refractivity contribution in [3.05, 3.63) is 63.4 Å². The number of carbonyl (C=O) groups excluding carboxylic acids is 1. The minimum Gasteiger partial charge on any atom is -0.484 e. The molecular formula is C20H17ClN2O4S. The smallest absolute Gasteiger partial charge is 0.351 e. The van der Waals surface area contributed by atoms with Crippen LogP contribution in [-0.2, 0) is 17.9 Å². The summed E-state index contributed by atoms with van der Waals surface area (Å²) in [6.45, 7) is 2.77. The normalized spacial score (nSPS) is 12.8. The van der Waals surface area contributed by atoms with Crippen molar-refractivity contribution in [1.82, 2.24) is 0 Å². The van der Waals surface area contributed by atoms with Gasteiger partial charge in [0, 0.05) is 11.1 Å². The van der Waals surface area contributed by atoms with E-state index in [4.69, 9.17) is 25.5 Å². The van der Waals surface area contributed by atoms with E-state index in [1.54, 1.807) is 18.7 Å². The lowest BCUT2D eigenvalue weighted by atomic mass is 10.1. The average molecular weight is 417 g/mol. The van der Waals surface area contributed by atoms with Crippen molar-refractivity contribution in [1.29, 1.82) is 0 Å². The van der Waals surface area contributed by atoms with Gasteiger partial charge in [-0.3, -0.25) is 0 Å². The minimum absolute atomic E-state index is 0.221. The molecule has 0 saturated carbocycles. The Kier molecular flexibility index (Phi) is 5.11. The highest BCUT2D eigenvalue weighted by atomic mass is 35.5. The van der Waals surface area contributed by atoms with Gasteiger partial charge in [-0.1, -0.05) is 11.6 Å². The summed E-state index contributed by atoms with van der Waals surface area (Å²) in [6, 6.07) is 9.31. The third-order valence-electron chi connectivity index (χ3n) is 4.33. The van der Waals surface area contributed by atoms with Gasteiger partial charge in [-0.15, -0.1) is 11.3 Å². The Hall–Kier alpha value is -2.77. The Morgan fingerprint density at radius 1 is 1.39 bits per heavy atom. The first kappa shape index (κ1) is 18.6. The Morgan fingerprint density at radius 3 is 3.00 bits per heavy atom. The lowest BCUT2D eigenvalue weighted by Gasteiger charge is -2.23. The topological polar surface area (TPSA) is 64.3 Å². The summed E-state index contributed by atoms with van der Waals surface area (Å²) in [7, 11) is 1.35. The third-order valence-corrected chi connectivity index (χ3v) is 5.87. The summed E-state index contributed by atoms with van der Waals surface area (Å²) in [6.07, 6.45) is 3.33. The molecule has 3 heterocycles. The first-order valence-corrected chi connectivity index (χ1v) is 9.72. The van der Waals surface area contributed by atoms with E-state index in [1.165, 1.54) is 18.4 Å². The van der Waals surface area contributed by atoms with Gasteiger partial charge >= 0.3 is 5.97 Å². The van der Waals surface area contributed by atoms with Gasteiger partial charge in [0.1, 0.15) is 23.1 Å². The molecule has 0 N–H and O–H groups in total. The van der Waals surface area contributed by atoms with Crippen LogP contribution >= 0.6 is 22.9 Å². The molecule has 0 atom stereocenters. The predicted octanol–water partition coefficient (Wildman–Crippen LogP) is 5.35. The van der Waals surface area contributed by atoms with Crippen LogP contribution in [0.5, 0.6) is 5.75 Å². The number of rotatable bonds is 5. The SMILES string of the molecule is COC(=O)c1sc(N2C=Nc3cc(C)c(Cl)cc3C2)cc1OCc1ccco1. The summed E-state index contributed by atoms with van der Waals surface area (Å²) in [5.74, 6) is 0.671. The van der Waals surface area contributed by atoms with Crippen LogP contribution in [0.2, 0.25) is 5.02 Å². The molecule has 144 valence electrons. The fraction of sp³-hybridized carbons (Fsp3) is 0.200. The van der Waals surface area contributed by atoms with E-state index >= 15 is 0 Å². The number of nitrogens with zero attached hydrogens (tertiary/aromatic N) is 2. The van der Waals surface area contributed by atoms with Crippen molar-refractivity contribution >= 4 is 45.9 Å². The van der Waals surface area contributed by atoms with Crippen LogP contribution in [0.15, 0.2) is 46.0 Å². The van der Waals surface area contributed by atoms with Crippen LogP contribution in [0.25, 0.3) is 0 Å². The number of aryl methyl sites for hydroxylation is 1. The molecule has 1 aliphatic rings. The molecule has 28 heavy (non-hydrogen) atoms. The van der Waals surface area contributed by atoms with Crippen molar-refractivity contribution in [2.75, 3.05) is 12.0 Å². The number of methoxy groups -OCH3 is 1. The number of aliphatic imine (C=N–C) groups is 1. The molecule has 0 bridgehead atoms. The fourth-order valence-electron chi connectivity index (χ4n) is 2.83. The number of hydrogen-bond acceptors (Lipinski definition) is 7. The van der Waals surface area contributed by atoms with Crippen LogP contribution in [0.3, 0.4) is 0 Å². The maximum absolute atomic E-state index is 12.2. The molecule has 6 nitrogen and oxygen atoms in total. The Labute approximate surface area is 171 Å². The monoisotopic (exact) mass is 416 g/mol. The second-order valence-electron chi connectivity index (χ2n) is 6.24. The van der Waals surface area contributed by atoms with Crippen LogP contribution in [0, 0.1) is 6.92 Å². The third kappa shape index (κ3) is 3.63. The lowest BCUT2D eigenvalue weighted by molar-refractivity contribution is 0.0601. The molecule has 0 radical (unpaired) electrons. The number of anilines is 1. The molecule has 4 rings (SSSR count). The van der Waals surface area contributed by atoms with Gasteiger partial charge in [-0.05, 0) is 42.3 Å². The van der Waals surface area contributed by atoms with E-state index in [0.717, 1.165) is 21.8 Å². The minimum atomic E-state index is -0.446. The summed E-state index contributed by atoms with van der Waals surface area (Å²) in [4.78, 5) is 19.1. The summed E-state index contributed by atoms with van der Waals surface area (Å²) >= 11 is 7.55. The first-order chi connectivity index (χ1) is 13.5. The zero-order valence-corrected chi connectivity index (χ0v) is 16.8. The Bertz CT molecular complexity index is 1040. The Morgan fingerprint density at radius 2 is 2.25 bits per heavy atom. The predicted molar refractivity (Wildman–Crippen MR) is 109 cm³/mol. The molecule has 2 aromatic heterocycles. The van der Waals surface area contributed by atoms with Crippen molar-refractivity contribution in [3.8, 4) is 5.75 Å². The lowest BCUT2D eigenvalue weighted by Crippen LogP contribution is -2.22. The first-order valence-electron chi connectivity index (χ1n) is 8.52. The molecule has 0 aliphatic carbocycles. The van der Waals surface area contributed by atoms with Crippen molar-refractivity contribution in [3.63, 3.8) is 0 Å². The number of benzene rings is 1. The molecule has 1 aliphatic heterocycles. The van der Waals surface area contributed by atoms with Gasteiger partial charge in [0.05, 0.1) is 31.9 Å². The average Bonchev–Trinajstić information content (AvgIpc) is 3.36. The second-order valence-corrected chi connectivity index (χ2v) is 7.68. The summed E-state index contributed by atoms with van der Waals surface area (Å²) in [5, 5.41) is 1.53. The highest BCUT2D eigenvalue weighted by molar-refractivity contribution is 7.18. The zero-order valence-electron chi connectivity index (χ0n) is 15.3. The molecule has 0 saturated heterocycles. The number of ether oxygens (including phenoxy) is 2. The van der Waals surface area contributed by atoms with E-state index in [9.17, 15) is 4.79 Å². The van der Waals surface area contributed by atoms with Crippen molar-refractivity contribution in [2.45, 2.75) is 20.1 Å². The van der Waals surface area contributed by atoms with Crippen molar-refractivity contribution in [2.24, 2.45) is 4.99 Å². The van der Waals surface area contributed by atoms with Gasteiger partial charge in [-0.25, -0.2) is 9.79 Å². The summed E-state index contributed by atoms with van der Waals surface area (Å²) in [5.41, 5.74) is 2.91. The number of esters is 1. The molecular weight excluding hydrogens is 400 g/mol. The molecule has 3 aromatic rings. The van der Waals surface area contributed by atoms with Crippen LogP contribution in [-0.4, -0.2) is 19.4 Å². The van der Waals surface area contributed by atoms with E-state index < -0.39 is 5.97 Å². The van der Waals surface area contributed by atoms with E-state index in [1.807, 2.05) is 36.1 Å². The summed E-state index contributed by atoms with van der Waals surface area (Å²) < 4.78 is 16.0. The van der Waals surface area contributed by atoms with E-state index in [-0.39, 0.29) is 6.61 Å². The molecule has 0 amide bonds. The van der Waals surface area contributed by atoms with Crippen molar-refractivity contribution < 1.29 is 18.7 Å². The van der Waals surface area contributed by atoms with Gasteiger partial charge in [0.15, 0.2) is 4.88 Å². The number of furan rings is 1. The molecule has 1 aromatic carbocycles. The van der Waals surface area contributed by atoms with Gasteiger partial charge in [0.25, 0.3) is 0 Å². The number of hydrogen-bond donors (Lipinski definition) is 0. The highest BCUT2D eigenvalue weighted by Crippen LogP contribution is 2.39. The maximum Gasteiger partial charge on any atom is 0.351 e. The molecule has 0 unspecified atom stereocenters. The number of thiophene rings is 1. The number of carbonyl (C=O) groups is 1. The number of halogens is 1. The van der Waals surface area contributed by atoms with Gasteiger partial charge in [-0.2, -0.15) is 0 Å². The number of fused-ring (bicyclic) bond motifs is 1. The quantitative estimate of drug-likeness (QED) is 0.524. The van der Waals surface area contributed by atoms with E-state index in [0.29, 0.717) is 28.0 Å². The molecule has 8 heteroatoms. The Balaban J connectivity index is 1.61. The van der Waals surface area contributed by atoms with E-state index in [2.05, 4.69) is 4.99 Å². The maximum atomic E-state index is 12.2. The molecule has 0 fully saturated rings. The van der Waals surface area contributed by atoms with Crippen LogP contribution < -0.4 is 9.64 Å². The highest BCUT2D eigenvalue weighted by Gasteiger charge is 2.23. The second kappa shape index (κ2) is 7.69. The van der Waals surface area contributed by atoms with Crippen LogP contribution in [0.4, 0.5) is 10.7 Å². The molecule has 0 spiro atoms.